The predicted molar refractivity (Wildman–Crippen MR) is 69.2 cm³/mol. The van der Waals surface area contributed by atoms with Crippen molar-refractivity contribution in [2.45, 2.75) is 0 Å². The van der Waals surface area contributed by atoms with Crippen molar-refractivity contribution in [2.75, 3.05) is 0 Å². The quantitative estimate of drug-likeness (QED) is 0.749. The van der Waals surface area contributed by atoms with E-state index in [2.05, 4.69) is 11.1 Å². The van der Waals surface area contributed by atoms with E-state index >= 15 is 0 Å². The number of nitrogens with zero attached hydrogens (tertiary/aromatic N) is 2. The molecule has 2 aromatic rings. The standard InChI is InChI=1S/C14H9ClN2/c15-14-3-1-11(2-4-14)9-13(10-16)12-5-7-17-8-6-12/h1-9H. The van der Waals surface area contributed by atoms with Gasteiger partial charge in [-0.05, 0) is 41.5 Å². The summed E-state index contributed by atoms with van der Waals surface area (Å²) in [4.78, 5) is 3.93. The van der Waals surface area contributed by atoms with Crippen molar-refractivity contribution in [2.24, 2.45) is 0 Å². The molecule has 0 atom stereocenters. The van der Waals surface area contributed by atoms with Crippen molar-refractivity contribution in [3.05, 3.63) is 64.9 Å². The Kier molecular flexibility index (Phi) is 3.54. The second-order valence-corrected chi connectivity index (χ2v) is 3.89. The van der Waals surface area contributed by atoms with E-state index in [1.54, 1.807) is 24.5 Å². The maximum atomic E-state index is 9.13. The molecule has 0 saturated heterocycles. The van der Waals surface area contributed by atoms with Gasteiger partial charge in [-0.15, -0.1) is 0 Å². The highest BCUT2D eigenvalue weighted by molar-refractivity contribution is 6.30. The van der Waals surface area contributed by atoms with E-state index in [0.29, 0.717) is 10.6 Å². The summed E-state index contributed by atoms with van der Waals surface area (Å²) in [5.74, 6) is 0. The largest absolute Gasteiger partial charge is 0.265 e. The Morgan fingerprint density at radius 2 is 1.76 bits per heavy atom. The fourth-order valence-corrected chi connectivity index (χ4v) is 1.56. The van der Waals surface area contributed by atoms with Crippen molar-refractivity contribution in [1.29, 1.82) is 5.26 Å². The van der Waals surface area contributed by atoms with Crippen LogP contribution in [-0.2, 0) is 0 Å². The summed E-state index contributed by atoms with van der Waals surface area (Å²) < 4.78 is 0. The first-order valence-corrected chi connectivity index (χ1v) is 5.45. The lowest BCUT2D eigenvalue weighted by atomic mass is 10.1. The van der Waals surface area contributed by atoms with Crippen LogP contribution in [0.2, 0.25) is 5.02 Å². The summed E-state index contributed by atoms with van der Waals surface area (Å²) in [6.45, 7) is 0. The van der Waals surface area contributed by atoms with E-state index in [0.717, 1.165) is 11.1 Å². The van der Waals surface area contributed by atoms with Gasteiger partial charge in [0.2, 0.25) is 0 Å². The van der Waals surface area contributed by atoms with Gasteiger partial charge in [-0.25, -0.2) is 0 Å². The van der Waals surface area contributed by atoms with Gasteiger partial charge in [0.05, 0.1) is 11.6 Å². The number of nitriles is 1. The highest BCUT2D eigenvalue weighted by Gasteiger charge is 1.99. The number of hydrogen-bond donors (Lipinski definition) is 0. The molecule has 1 aromatic carbocycles. The van der Waals surface area contributed by atoms with Crippen LogP contribution in [-0.4, -0.2) is 4.98 Å². The molecule has 3 heteroatoms. The highest BCUT2D eigenvalue weighted by atomic mass is 35.5. The molecular weight excluding hydrogens is 232 g/mol. The fraction of sp³-hybridized carbons (Fsp3) is 0. The summed E-state index contributed by atoms with van der Waals surface area (Å²) in [5.41, 5.74) is 2.41. The molecular formula is C14H9ClN2. The van der Waals surface area contributed by atoms with Crippen LogP contribution in [0, 0.1) is 11.3 Å². The molecule has 0 bridgehead atoms. The van der Waals surface area contributed by atoms with E-state index < -0.39 is 0 Å². The first-order valence-electron chi connectivity index (χ1n) is 5.07. The zero-order valence-corrected chi connectivity index (χ0v) is 9.72. The molecule has 17 heavy (non-hydrogen) atoms. The monoisotopic (exact) mass is 240 g/mol. The fourth-order valence-electron chi connectivity index (χ4n) is 1.44. The van der Waals surface area contributed by atoms with Gasteiger partial charge in [0.1, 0.15) is 0 Å². The van der Waals surface area contributed by atoms with Gasteiger partial charge in [-0.3, -0.25) is 4.98 Å². The number of allylic oxidation sites excluding steroid dienone is 1. The van der Waals surface area contributed by atoms with Crippen LogP contribution in [0.3, 0.4) is 0 Å². The van der Waals surface area contributed by atoms with Crippen LogP contribution >= 0.6 is 11.6 Å². The molecule has 0 unspecified atom stereocenters. The van der Waals surface area contributed by atoms with E-state index in [9.17, 15) is 0 Å². The van der Waals surface area contributed by atoms with Gasteiger partial charge < -0.3 is 0 Å². The van der Waals surface area contributed by atoms with Crippen molar-refractivity contribution in [1.82, 2.24) is 4.98 Å². The van der Waals surface area contributed by atoms with Crippen molar-refractivity contribution in [3.8, 4) is 6.07 Å². The SMILES string of the molecule is N#CC(=Cc1ccc(Cl)cc1)c1ccncc1. The molecule has 0 amide bonds. The summed E-state index contributed by atoms with van der Waals surface area (Å²) in [7, 11) is 0. The minimum atomic E-state index is 0.606. The molecule has 82 valence electrons. The van der Waals surface area contributed by atoms with E-state index in [1.165, 1.54) is 0 Å². The lowest BCUT2D eigenvalue weighted by molar-refractivity contribution is 1.32. The first-order chi connectivity index (χ1) is 8.29. The average Bonchev–Trinajstić information content (AvgIpc) is 2.39. The Hall–Kier alpha value is -2.11. The Morgan fingerprint density at radius 3 is 2.35 bits per heavy atom. The zero-order chi connectivity index (χ0) is 12.1. The molecule has 0 fully saturated rings. The number of aromatic nitrogens is 1. The van der Waals surface area contributed by atoms with Crippen LogP contribution in [0.1, 0.15) is 11.1 Å². The minimum Gasteiger partial charge on any atom is -0.265 e. The van der Waals surface area contributed by atoms with E-state index in [4.69, 9.17) is 16.9 Å². The summed E-state index contributed by atoms with van der Waals surface area (Å²) >= 11 is 5.81. The Morgan fingerprint density at radius 1 is 1.12 bits per heavy atom. The maximum Gasteiger partial charge on any atom is 0.0998 e. The Balaban J connectivity index is 2.37. The molecule has 0 aliphatic rings. The van der Waals surface area contributed by atoms with Crippen LogP contribution in [0.15, 0.2) is 48.8 Å². The third kappa shape index (κ3) is 2.93. The van der Waals surface area contributed by atoms with Gasteiger partial charge in [0.15, 0.2) is 0 Å². The smallest absolute Gasteiger partial charge is 0.0998 e. The zero-order valence-electron chi connectivity index (χ0n) is 8.97. The molecule has 1 aromatic heterocycles. The maximum absolute atomic E-state index is 9.13. The molecule has 0 N–H and O–H groups in total. The molecule has 0 saturated carbocycles. The molecule has 0 spiro atoms. The third-order valence-electron chi connectivity index (χ3n) is 2.29. The summed E-state index contributed by atoms with van der Waals surface area (Å²) in [6, 6.07) is 13.2. The minimum absolute atomic E-state index is 0.606. The Bertz CT molecular complexity index is 565. The second-order valence-electron chi connectivity index (χ2n) is 3.46. The summed E-state index contributed by atoms with van der Waals surface area (Å²) in [6.07, 6.45) is 5.16. The second kappa shape index (κ2) is 5.29. The van der Waals surface area contributed by atoms with Crippen LogP contribution in [0.25, 0.3) is 11.6 Å². The van der Waals surface area contributed by atoms with Gasteiger partial charge in [-0.1, -0.05) is 23.7 Å². The van der Waals surface area contributed by atoms with Gasteiger partial charge in [-0.2, -0.15) is 5.26 Å². The van der Waals surface area contributed by atoms with Gasteiger partial charge in [0, 0.05) is 17.4 Å². The number of hydrogen-bond acceptors (Lipinski definition) is 2. The lowest BCUT2D eigenvalue weighted by Crippen LogP contribution is -1.82. The molecule has 0 radical (unpaired) electrons. The van der Waals surface area contributed by atoms with Crippen LogP contribution < -0.4 is 0 Å². The van der Waals surface area contributed by atoms with Crippen molar-refractivity contribution in [3.63, 3.8) is 0 Å². The molecule has 2 rings (SSSR count). The van der Waals surface area contributed by atoms with Gasteiger partial charge >= 0.3 is 0 Å². The number of pyridine rings is 1. The third-order valence-corrected chi connectivity index (χ3v) is 2.54. The first kappa shape index (κ1) is 11.4. The van der Waals surface area contributed by atoms with Gasteiger partial charge in [0.25, 0.3) is 0 Å². The topological polar surface area (TPSA) is 36.7 Å². The number of halogens is 1. The predicted octanol–water partition coefficient (Wildman–Crippen LogP) is 3.80. The molecule has 2 nitrogen and oxygen atoms in total. The van der Waals surface area contributed by atoms with E-state index in [1.807, 2.05) is 30.3 Å². The van der Waals surface area contributed by atoms with Crippen molar-refractivity contribution >= 4 is 23.3 Å². The van der Waals surface area contributed by atoms with Crippen LogP contribution in [0.5, 0.6) is 0 Å². The molecule has 0 aliphatic heterocycles. The molecule has 0 aliphatic carbocycles. The van der Waals surface area contributed by atoms with Crippen molar-refractivity contribution < 1.29 is 0 Å². The lowest BCUT2D eigenvalue weighted by Gasteiger charge is -1.99. The number of rotatable bonds is 2. The van der Waals surface area contributed by atoms with E-state index in [-0.39, 0.29) is 0 Å². The number of benzene rings is 1. The van der Waals surface area contributed by atoms with Crippen LogP contribution in [0.4, 0.5) is 0 Å². The Labute approximate surface area is 105 Å². The highest BCUT2D eigenvalue weighted by Crippen LogP contribution is 2.18. The summed E-state index contributed by atoms with van der Waals surface area (Å²) in [5, 5.41) is 9.82. The molecule has 1 heterocycles. The normalized spacial score (nSPS) is 10.9. The average molecular weight is 241 g/mol.